The molecule has 0 saturated heterocycles. The molecule has 2 rings (SSSR count). The first-order valence-electron chi connectivity index (χ1n) is 9.97. The van der Waals surface area contributed by atoms with Crippen LogP contribution in [0.3, 0.4) is 0 Å². The van der Waals surface area contributed by atoms with E-state index in [0.29, 0.717) is 0 Å². The lowest BCUT2D eigenvalue weighted by atomic mass is 10.2. The van der Waals surface area contributed by atoms with Gasteiger partial charge in [0, 0.05) is 0 Å². The Kier molecular flexibility index (Phi) is 10.4. The van der Waals surface area contributed by atoms with Gasteiger partial charge in [0.05, 0.1) is 14.2 Å². The van der Waals surface area contributed by atoms with Crippen molar-refractivity contribution in [2.45, 2.75) is 13.2 Å². The predicted octanol–water partition coefficient (Wildman–Crippen LogP) is 2.95. The number of carbonyl (C=O) groups excluding carboxylic acids is 4. The van der Waals surface area contributed by atoms with Gasteiger partial charge in [-0.2, -0.15) is 0 Å². The lowest BCUT2D eigenvalue weighted by Gasteiger charge is -2.10. The Balaban J connectivity index is 2.07. The van der Waals surface area contributed by atoms with Gasteiger partial charge in [0.2, 0.25) is 0 Å². The molecule has 0 bridgehead atoms. The highest BCUT2D eigenvalue weighted by molar-refractivity contribution is 5.94. The number of carbonyl (C=O) groups is 4. The van der Waals surface area contributed by atoms with E-state index in [0.717, 1.165) is 37.5 Å². The Hall–Kier alpha value is -4.60. The molecule has 0 unspecified atom stereocenters. The van der Waals surface area contributed by atoms with E-state index < -0.39 is 24.1 Å². The molecule has 0 radical (unpaired) electrons. The molecule has 0 fully saturated rings. The van der Waals surface area contributed by atoms with E-state index in [2.05, 4.69) is 20.1 Å². The average Bonchev–Trinajstić information content (AvgIpc) is 2.88. The monoisotopic (exact) mass is 468 g/mol. The zero-order valence-electron chi connectivity index (χ0n) is 18.6. The summed E-state index contributed by atoms with van der Waals surface area (Å²) in [5.74, 6) is -1.83. The lowest BCUT2D eigenvalue weighted by Crippen LogP contribution is -2.30. The van der Waals surface area contributed by atoms with E-state index in [1.807, 2.05) is 12.1 Å². The number of allylic oxidation sites excluding steroid dienone is 2. The second kappa shape index (κ2) is 13.7. The van der Waals surface area contributed by atoms with Crippen molar-refractivity contribution >= 4 is 24.1 Å². The first-order valence-corrected chi connectivity index (χ1v) is 9.97. The summed E-state index contributed by atoms with van der Waals surface area (Å²) in [7, 11) is 2.22. The van der Waals surface area contributed by atoms with Crippen LogP contribution < -0.4 is 10.6 Å². The third-order valence-electron chi connectivity index (χ3n) is 4.13. The zero-order chi connectivity index (χ0) is 24.8. The van der Waals surface area contributed by atoms with E-state index in [1.165, 1.54) is 0 Å². The van der Waals surface area contributed by atoms with Gasteiger partial charge in [0.25, 0.3) is 0 Å². The maximum atomic E-state index is 12.1. The number of methoxy groups -OCH3 is 2. The second-order valence-electron chi connectivity index (χ2n) is 6.52. The molecule has 0 saturated carbocycles. The summed E-state index contributed by atoms with van der Waals surface area (Å²) in [6.45, 7) is -0.0572. The van der Waals surface area contributed by atoms with Gasteiger partial charge in [-0.25, -0.2) is 19.2 Å². The minimum atomic E-state index is -0.927. The van der Waals surface area contributed by atoms with Crippen LogP contribution in [-0.2, 0) is 41.8 Å². The highest BCUT2D eigenvalue weighted by atomic mass is 16.6. The first kappa shape index (κ1) is 25.7. The summed E-state index contributed by atoms with van der Waals surface area (Å²) in [6, 6.07) is 17.8. The van der Waals surface area contributed by atoms with Crippen molar-refractivity contribution in [3.63, 3.8) is 0 Å². The number of ether oxygens (including phenoxy) is 4. The van der Waals surface area contributed by atoms with Gasteiger partial charge >= 0.3 is 24.1 Å². The second-order valence-corrected chi connectivity index (χ2v) is 6.52. The molecule has 10 nitrogen and oxygen atoms in total. The predicted molar refractivity (Wildman–Crippen MR) is 120 cm³/mol. The Labute approximate surface area is 196 Å². The van der Waals surface area contributed by atoms with Gasteiger partial charge in [-0.1, -0.05) is 60.7 Å². The SMILES string of the molecule is COC(=O)/C(=C/C=C(\NC(=O)OCc1ccccc1)C(=O)OC)NC(=O)OCc1ccccc1. The van der Waals surface area contributed by atoms with Crippen molar-refractivity contribution in [1.29, 1.82) is 0 Å². The van der Waals surface area contributed by atoms with Crippen LogP contribution in [0.1, 0.15) is 11.1 Å². The van der Waals surface area contributed by atoms with Crippen molar-refractivity contribution in [2.24, 2.45) is 0 Å². The average molecular weight is 468 g/mol. The van der Waals surface area contributed by atoms with E-state index >= 15 is 0 Å². The van der Waals surface area contributed by atoms with Crippen molar-refractivity contribution in [2.75, 3.05) is 14.2 Å². The molecule has 0 aliphatic heterocycles. The largest absolute Gasteiger partial charge is 0.464 e. The molecule has 10 heteroatoms. The van der Waals surface area contributed by atoms with Crippen molar-refractivity contribution in [3.8, 4) is 0 Å². The molecule has 2 N–H and O–H groups in total. The van der Waals surface area contributed by atoms with E-state index in [9.17, 15) is 19.2 Å². The third-order valence-corrected chi connectivity index (χ3v) is 4.13. The Bertz CT molecular complexity index is 964. The summed E-state index contributed by atoms with van der Waals surface area (Å²) in [5, 5.41) is 4.47. The fourth-order valence-corrected chi connectivity index (χ4v) is 2.45. The van der Waals surface area contributed by atoms with Gasteiger partial charge in [0.1, 0.15) is 24.6 Å². The third kappa shape index (κ3) is 8.87. The Morgan fingerprint density at radius 3 is 1.32 bits per heavy atom. The van der Waals surface area contributed by atoms with Crippen LogP contribution in [0.2, 0.25) is 0 Å². The molecule has 0 aromatic heterocycles. The molecule has 2 amide bonds. The van der Waals surface area contributed by atoms with Gasteiger partial charge in [-0.05, 0) is 23.3 Å². The number of hydrogen-bond acceptors (Lipinski definition) is 8. The molecule has 0 atom stereocenters. The van der Waals surface area contributed by atoms with Crippen LogP contribution in [0.4, 0.5) is 9.59 Å². The van der Waals surface area contributed by atoms with Gasteiger partial charge in [-0.3, -0.25) is 10.6 Å². The molecule has 178 valence electrons. The smallest absolute Gasteiger partial charge is 0.412 e. The van der Waals surface area contributed by atoms with E-state index in [-0.39, 0.29) is 24.6 Å². The maximum Gasteiger partial charge on any atom is 0.412 e. The van der Waals surface area contributed by atoms with Crippen LogP contribution >= 0.6 is 0 Å². The lowest BCUT2D eigenvalue weighted by molar-refractivity contribution is -0.137. The fraction of sp³-hybridized carbons (Fsp3) is 0.167. The number of alkyl carbamates (subject to hydrolysis) is 2. The minimum Gasteiger partial charge on any atom is -0.464 e. The molecular weight excluding hydrogens is 444 g/mol. The molecule has 34 heavy (non-hydrogen) atoms. The number of benzene rings is 2. The summed E-state index contributed by atoms with van der Waals surface area (Å²) in [5.41, 5.74) is 0.794. The van der Waals surface area contributed by atoms with Gasteiger partial charge in [0.15, 0.2) is 0 Å². The van der Waals surface area contributed by atoms with E-state index in [4.69, 9.17) is 9.47 Å². The normalized spacial score (nSPS) is 11.1. The van der Waals surface area contributed by atoms with Crippen LogP contribution in [-0.4, -0.2) is 38.3 Å². The maximum absolute atomic E-state index is 12.1. The topological polar surface area (TPSA) is 129 Å². The number of hydrogen-bond donors (Lipinski definition) is 2. The zero-order valence-corrected chi connectivity index (χ0v) is 18.6. The molecule has 0 aliphatic carbocycles. The van der Waals surface area contributed by atoms with Crippen LogP contribution in [0.25, 0.3) is 0 Å². The summed E-state index contributed by atoms with van der Waals surface area (Å²) in [4.78, 5) is 48.3. The highest BCUT2D eigenvalue weighted by Crippen LogP contribution is 2.05. The number of esters is 2. The van der Waals surface area contributed by atoms with Crippen LogP contribution in [0, 0.1) is 0 Å². The summed E-state index contributed by atoms with van der Waals surface area (Å²) in [6.07, 6.45) is 0.256. The number of nitrogens with one attached hydrogen (secondary N) is 2. The molecular formula is C24H24N2O8. The van der Waals surface area contributed by atoms with Crippen molar-refractivity contribution in [3.05, 3.63) is 95.3 Å². The molecule has 2 aromatic carbocycles. The van der Waals surface area contributed by atoms with Crippen molar-refractivity contribution in [1.82, 2.24) is 10.6 Å². The molecule has 2 aromatic rings. The fourth-order valence-electron chi connectivity index (χ4n) is 2.45. The van der Waals surface area contributed by atoms with Gasteiger partial charge in [-0.15, -0.1) is 0 Å². The molecule has 0 heterocycles. The van der Waals surface area contributed by atoms with Gasteiger partial charge < -0.3 is 18.9 Å². The number of rotatable bonds is 9. The Morgan fingerprint density at radius 1 is 0.647 bits per heavy atom. The van der Waals surface area contributed by atoms with Crippen molar-refractivity contribution < 1.29 is 38.1 Å². The highest BCUT2D eigenvalue weighted by Gasteiger charge is 2.17. The summed E-state index contributed by atoms with van der Waals surface area (Å²) >= 11 is 0. The number of amides is 2. The van der Waals surface area contributed by atoms with Crippen LogP contribution in [0.5, 0.6) is 0 Å². The molecule has 0 aliphatic rings. The molecule has 0 spiro atoms. The quantitative estimate of drug-likeness (QED) is 0.249. The van der Waals surface area contributed by atoms with Crippen LogP contribution in [0.15, 0.2) is 84.2 Å². The standard InChI is InChI=1S/C24H24N2O8/c1-31-21(27)19(25-23(29)33-15-17-9-5-3-6-10-17)13-14-20(22(28)32-2)26-24(30)34-16-18-11-7-4-8-12-18/h3-14H,15-16H2,1-2H3,(H,25,29)(H,26,30)/b19-13-,20-14-. The Morgan fingerprint density at radius 2 is 1.00 bits per heavy atom. The first-order chi connectivity index (χ1) is 16.4. The van der Waals surface area contributed by atoms with E-state index in [1.54, 1.807) is 48.5 Å². The summed E-state index contributed by atoms with van der Waals surface area (Å²) < 4.78 is 19.4. The minimum absolute atomic E-state index is 0.0286.